The normalized spacial score (nSPS) is 20.2. The van der Waals surface area contributed by atoms with Crippen molar-refractivity contribution in [2.24, 2.45) is 5.41 Å². The van der Waals surface area contributed by atoms with Gasteiger partial charge in [-0.05, 0) is 11.8 Å². The molecule has 0 saturated carbocycles. The summed E-state index contributed by atoms with van der Waals surface area (Å²) in [5.74, 6) is -0.0478. The maximum Gasteiger partial charge on any atom is 0.224 e. The van der Waals surface area contributed by atoms with Gasteiger partial charge in [0.05, 0.1) is 5.70 Å². The van der Waals surface area contributed by atoms with Crippen LogP contribution in [0.3, 0.4) is 0 Å². The van der Waals surface area contributed by atoms with Gasteiger partial charge in [0.15, 0.2) is 5.78 Å². The van der Waals surface area contributed by atoms with E-state index in [1.54, 1.807) is 6.92 Å². The van der Waals surface area contributed by atoms with Crippen LogP contribution in [-0.2, 0) is 9.59 Å². The summed E-state index contributed by atoms with van der Waals surface area (Å²) >= 11 is 0. The van der Waals surface area contributed by atoms with Gasteiger partial charge in [0.1, 0.15) is 0 Å². The summed E-state index contributed by atoms with van der Waals surface area (Å²) < 4.78 is 0. The zero-order valence-corrected chi connectivity index (χ0v) is 9.02. The predicted molar refractivity (Wildman–Crippen MR) is 54.5 cm³/mol. The fourth-order valence-electron chi connectivity index (χ4n) is 1.46. The van der Waals surface area contributed by atoms with E-state index in [4.69, 9.17) is 0 Å². The van der Waals surface area contributed by atoms with Gasteiger partial charge in [-0.1, -0.05) is 26.8 Å². The molecule has 0 aromatic heterocycles. The summed E-state index contributed by atoms with van der Waals surface area (Å²) in [5, 5.41) is 2.65. The van der Waals surface area contributed by atoms with Crippen LogP contribution in [-0.4, -0.2) is 11.7 Å². The monoisotopic (exact) mass is 195 g/mol. The Labute approximate surface area is 84.6 Å². The van der Waals surface area contributed by atoms with Crippen molar-refractivity contribution in [3.8, 4) is 0 Å². The zero-order chi connectivity index (χ0) is 10.8. The topological polar surface area (TPSA) is 46.2 Å². The smallest absolute Gasteiger partial charge is 0.224 e. The lowest BCUT2D eigenvalue weighted by Gasteiger charge is -2.26. The number of Topliss-reactive ketones (excluding diaryl/α,β-unsaturated/α-hetero) is 1. The Hall–Kier alpha value is -1.12. The number of ketones is 1. The molecule has 0 heterocycles. The van der Waals surface area contributed by atoms with E-state index in [-0.39, 0.29) is 17.1 Å². The molecular weight excluding hydrogens is 178 g/mol. The molecule has 0 aromatic rings. The highest BCUT2D eigenvalue weighted by Crippen LogP contribution is 2.30. The number of rotatable bonds is 2. The molecule has 0 aromatic carbocycles. The van der Waals surface area contributed by atoms with E-state index in [1.165, 1.54) is 0 Å². The van der Waals surface area contributed by atoms with Gasteiger partial charge in [-0.3, -0.25) is 9.59 Å². The largest absolute Gasteiger partial charge is 0.323 e. The van der Waals surface area contributed by atoms with Crippen LogP contribution in [0.5, 0.6) is 0 Å². The van der Waals surface area contributed by atoms with Crippen LogP contribution in [0.4, 0.5) is 0 Å². The Morgan fingerprint density at radius 2 is 2.21 bits per heavy atom. The molecule has 3 heteroatoms. The number of hydrogen-bond acceptors (Lipinski definition) is 2. The van der Waals surface area contributed by atoms with E-state index in [0.29, 0.717) is 18.5 Å². The van der Waals surface area contributed by atoms with E-state index in [9.17, 15) is 9.59 Å². The standard InChI is InChI=1S/C11H17NO2/c1-4-10(14)12-8-7-11(2,3)6-5-9(8)13/h7H,4-6H2,1-3H3,(H,12,14). The fraction of sp³-hybridized carbons (Fsp3) is 0.636. The molecular formula is C11H17NO2. The van der Waals surface area contributed by atoms with Gasteiger partial charge in [0.25, 0.3) is 0 Å². The second-order valence-electron chi connectivity index (χ2n) is 4.37. The lowest BCUT2D eigenvalue weighted by atomic mass is 9.81. The maximum atomic E-state index is 11.5. The lowest BCUT2D eigenvalue weighted by Crippen LogP contribution is -2.31. The lowest BCUT2D eigenvalue weighted by molar-refractivity contribution is -0.123. The fourth-order valence-corrected chi connectivity index (χ4v) is 1.46. The molecule has 0 bridgehead atoms. The molecule has 0 fully saturated rings. The number of carbonyl (C=O) groups is 2. The van der Waals surface area contributed by atoms with Crippen molar-refractivity contribution in [2.45, 2.75) is 40.0 Å². The first-order valence-corrected chi connectivity index (χ1v) is 5.00. The van der Waals surface area contributed by atoms with Gasteiger partial charge >= 0.3 is 0 Å². The van der Waals surface area contributed by atoms with Crippen molar-refractivity contribution < 1.29 is 9.59 Å². The number of allylic oxidation sites excluding steroid dienone is 2. The van der Waals surface area contributed by atoms with Gasteiger partial charge in [-0.2, -0.15) is 0 Å². The summed E-state index contributed by atoms with van der Waals surface area (Å²) in [5.41, 5.74) is 0.498. The molecule has 1 amide bonds. The van der Waals surface area contributed by atoms with Crippen molar-refractivity contribution in [1.82, 2.24) is 5.32 Å². The first kappa shape index (κ1) is 11.0. The molecule has 1 aliphatic carbocycles. The highest BCUT2D eigenvalue weighted by atomic mass is 16.2. The van der Waals surface area contributed by atoms with Crippen LogP contribution in [0.2, 0.25) is 0 Å². The summed E-state index contributed by atoms with van der Waals surface area (Å²) in [4.78, 5) is 22.6. The third kappa shape index (κ3) is 2.69. The Bertz CT molecular complexity index is 290. The van der Waals surface area contributed by atoms with Crippen LogP contribution < -0.4 is 5.32 Å². The summed E-state index contributed by atoms with van der Waals surface area (Å²) in [6, 6.07) is 0. The molecule has 0 spiro atoms. The van der Waals surface area contributed by atoms with Crippen molar-refractivity contribution in [2.75, 3.05) is 0 Å². The molecule has 0 radical (unpaired) electrons. The molecule has 78 valence electrons. The third-order valence-electron chi connectivity index (χ3n) is 2.43. The van der Waals surface area contributed by atoms with E-state index >= 15 is 0 Å². The first-order valence-electron chi connectivity index (χ1n) is 5.00. The molecule has 0 saturated heterocycles. The highest BCUT2D eigenvalue weighted by Gasteiger charge is 2.26. The van der Waals surface area contributed by atoms with Crippen molar-refractivity contribution in [3.05, 3.63) is 11.8 Å². The quantitative estimate of drug-likeness (QED) is 0.730. The van der Waals surface area contributed by atoms with Crippen molar-refractivity contribution >= 4 is 11.7 Å². The predicted octanol–water partition coefficient (Wildman–Crippen LogP) is 1.79. The number of nitrogens with one attached hydrogen (secondary N) is 1. The number of hydrogen-bond donors (Lipinski definition) is 1. The van der Waals surface area contributed by atoms with E-state index < -0.39 is 0 Å². The summed E-state index contributed by atoms with van der Waals surface area (Å²) in [6.45, 7) is 5.91. The molecule has 0 atom stereocenters. The molecule has 1 rings (SSSR count). The SMILES string of the molecule is CCC(=O)NC1=CC(C)(C)CCC1=O. The van der Waals surface area contributed by atoms with E-state index in [0.717, 1.165) is 6.42 Å². The summed E-state index contributed by atoms with van der Waals surface area (Å²) in [7, 11) is 0. The van der Waals surface area contributed by atoms with E-state index in [2.05, 4.69) is 19.2 Å². The van der Waals surface area contributed by atoms with Crippen molar-refractivity contribution in [1.29, 1.82) is 0 Å². The van der Waals surface area contributed by atoms with Gasteiger partial charge in [-0.25, -0.2) is 0 Å². The van der Waals surface area contributed by atoms with Gasteiger partial charge in [-0.15, -0.1) is 0 Å². The second-order valence-corrected chi connectivity index (χ2v) is 4.37. The third-order valence-corrected chi connectivity index (χ3v) is 2.43. The minimum absolute atomic E-state index is 0.0181. The molecule has 0 unspecified atom stereocenters. The second kappa shape index (κ2) is 3.95. The molecule has 14 heavy (non-hydrogen) atoms. The molecule has 1 N–H and O–H groups in total. The summed E-state index contributed by atoms with van der Waals surface area (Å²) in [6.07, 6.45) is 3.66. The van der Waals surface area contributed by atoms with Gasteiger partial charge in [0, 0.05) is 12.8 Å². The Morgan fingerprint density at radius 1 is 1.57 bits per heavy atom. The minimum Gasteiger partial charge on any atom is -0.323 e. The maximum absolute atomic E-state index is 11.5. The Kier molecular flexibility index (Phi) is 3.09. The van der Waals surface area contributed by atoms with Crippen LogP contribution in [0, 0.1) is 5.41 Å². The molecule has 3 nitrogen and oxygen atoms in total. The average Bonchev–Trinajstić information content (AvgIpc) is 2.11. The van der Waals surface area contributed by atoms with Gasteiger partial charge in [0.2, 0.25) is 5.91 Å². The molecule has 0 aliphatic heterocycles. The van der Waals surface area contributed by atoms with Gasteiger partial charge < -0.3 is 5.32 Å². The first-order chi connectivity index (χ1) is 6.44. The number of carbonyl (C=O) groups excluding carboxylic acids is 2. The van der Waals surface area contributed by atoms with E-state index in [1.807, 2.05) is 6.08 Å². The average molecular weight is 195 g/mol. The highest BCUT2D eigenvalue weighted by molar-refractivity contribution is 5.99. The number of amides is 1. The Morgan fingerprint density at radius 3 is 2.79 bits per heavy atom. The Balaban J connectivity index is 2.78. The van der Waals surface area contributed by atoms with Crippen LogP contribution in [0.25, 0.3) is 0 Å². The molecule has 1 aliphatic rings. The van der Waals surface area contributed by atoms with Crippen LogP contribution in [0.1, 0.15) is 40.0 Å². The van der Waals surface area contributed by atoms with Crippen LogP contribution in [0.15, 0.2) is 11.8 Å². The van der Waals surface area contributed by atoms with Crippen molar-refractivity contribution in [3.63, 3.8) is 0 Å². The van der Waals surface area contributed by atoms with Crippen LogP contribution >= 0.6 is 0 Å². The zero-order valence-electron chi connectivity index (χ0n) is 9.02. The minimum atomic E-state index is -0.0951.